The van der Waals surface area contributed by atoms with Crippen molar-refractivity contribution in [2.45, 2.75) is 78.7 Å². The number of amides is 1. The maximum atomic E-state index is 13.3. The molecule has 0 spiro atoms. The molecule has 0 bridgehead atoms. The van der Waals surface area contributed by atoms with Gasteiger partial charge in [-0.25, -0.2) is 9.59 Å². The Balaban J connectivity index is 2.05. The van der Waals surface area contributed by atoms with Gasteiger partial charge in [0.15, 0.2) is 5.78 Å². The molecule has 3 rings (SSSR count). The molecule has 2 aliphatic rings. The van der Waals surface area contributed by atoms with Crippen molar-refractivity contribution < 1.29 is 38.2 Å². The Morgan fingerprint density at radius 3 is 2.21 bits per heavy atom. The summed E-state index contributed by atoms with van der Waals surface area (Å²) in [5, 5.41) is 0.734. The first-order valence-electron chi connectivity index (χ1n) is 11.4. The number of carbonyl (C=O) groups is 3. The highest BCUT2D eigenvalue weighted by Gasteiger charge is 2.51. The van der Waals surface area contributed by atoms with Crippen LogP contribution in [0.3, 0.4) is 0 Å². The van der Waals surface area contributed by atoms with Gasteiger partial charge in [0.25, 0.3) is 0 Å². The topological polar surface area (TPSA) is 101 Å². The van der Waals surface area contributed by atoms with Crippen LogP contribution in [0.1, 0.15) is 65.9 Å². The minimum Gasteiger partial charge on any atom is -0.497 e. The standard InChI is InChI=1S/C25H33NO8/c1-14(2)31-23(28)26(34-24(29)32-15(3)4)22-20(16-8-10-17(30-7)11-9-16)21-18(27)12-25(5,6)13-19(21)33-22/h8-11,14-15,20,22H,12-13H2,1-7H3/t20-,22-/m1/s1. The van der Waals surface area contributed by atoms with Crippen molar-refractivity contribution in [3.8, 4) is 5.75 Å². The zero-order chi connectivity index (χ0) is 25.2. The van der Waals surface area contributed by atoms with Crippen molar-refractivity contribution in [3.05, 3.63) is 41.2 Å². The lowest BCUT2D eigenvalue weighted by Gasteiger charge is -2.30. The van der Waals surface area contributed by atoms with Crippen molar-refractivity contribution in [1.29, 1.82) is 0 Å². The first-order chi connectivity index (χ1) is 15.9. The van der Waals surface area contributed by atoms with E-state index < -0.39 is 36.6 Å². The number of benzene rings is 1. The van der Waals surface area contributed by atoms with E-state index in [4.69, 9.17) is 23.8 Å². The van der Waals surface area contributed by atoms with Crippen molar-refractivity contribution in [2.75, 3.05) is 7.11 Å². The summed E-state index contributed by atoms with van der Waals surface area (Å²) in [5.41, 5.74) is 0.861. The molecule has 0 radical (unpaired) electrons. The normalized spacial score (nSPS) is 21.1. The molecule has 2 atom stereocenters. The van der Waals surface area contributed by atoms with E-state index in [1.165, 1.54) is 0 Å². The van der Waals surface area contributed by atoms with Crippen LogP contribution >= 0.6 is 0 Å². The summed E-state index contributed by atoms with van der Waals surface area (Å²) in [6.07, 6.45) is -3.27. The third-order valence-corrected chi connectivity index (χ3v) is 5.47. The number of hydrogen-bond donors (Lipinski definition) is 0. The van der Waals surface area contributed by atoms with Gasteiger partial charge >= 0.3 is 12.2 Å². The van der Waals surface area contributed by atoms with Gasteiger partial charge in [-0.15, -0.1) is 0 Å². The highest BCUT2D eigenvalue weighted by Crippen LogP contribution is 2.50. The molecule has 34 heavy (non-hydrogen) atoms. The van der Waals surface area contributed by atoms with Crippen LogP contribution in [0.4, 0.5) is 9.59 Å². The first kappa shape index (κ1) is 25.4. The molecule has 0 unspecified atom stereocenters. The van der Waals surface area contributed by atoms with Gasteiger partial charge in [0.2, 0.25) is 6.23 Å². The molecule has 1 heterocycles. The summed E-state index contributed by atoms with van der Waals surface area (Å²) in [6.45, 7) is 10.6. The average molecular weight is 476 g/mol. The van der Waals surface area contributed by atoms with E-state index in [0.29, 0.717) is 35.5 Å². The number of hydrogen-bond acceptors (Lipinski definition) is 8. The summed E-state index contributed by atoms with van der Waals surface area (Å²) < 4.78 is 21.8. The molecular formula is C25H33NO8. The quantitative estimate of drug-likeness (QED) is 0.428. The van der Waals surface area contributed by atoms with Crippen LogP contribution in [-0.4, -0.2) is 48.6 Å². The van der Waals surface area contributed by atoms with Crippen molar-refractivity contribution >= 4 is 18.0 Å². The SMILES string of the molecule is COc1ccc([C@@H]2C3=C(CC(C)(C)CC3=O)O[C@H]2N(OC(=O)OC(C)C)C(=O)OC(C)C)cc1. The highest BCUT2D eigenvalue weighted by atomic mass is 16.9. The van der Waals surface area contributed by atoms with Crippen LogP contribution in [0.15, 0.2) is 35.6 Å². The number of ether oxygens (including phenoxy) is 4. The molecule has 0 saturated heterocycles. The minimum absolute atomic E-state index is 0.0727. The van der Waals surface area contributed by atoms with Gasteiger partial charge in [-0.2, -0.15) is 0 Å². The van der Waals surface area contributed by atoms with Gasteiger partial charge in [0.05, 0.1) is 25.2 Å². The number of rotatable bonds is 5. The number of nitrogens with zero attached hydrogens (tertiary/aromatic N) is 1. The lowest BCUT2D eigenvalue weighted by Crippen LogP contribution is -2.46. The van der Waals surface area contributed by atoms with E-state index >= 15 is 0 Å². The van der Waals surface area contributed by atoms with Crippen LogP contribution in [0.25, 0.3) is 0 Å². The van der Waals surface area contributed by atoms with Gasteiger partial charge < -0.3 is 18.9 Å². The van der Waals surface area contributed by atoms with E-state index in [2.05, 4.69) is 0 Å². The van der Waals surface area contributed by atoms with E-state index in [1.807, 2.05) is 13.8 Å². The van der Waals surface area contributed by atoms with Gasteiger partial charge in [-0.3, -0.25) is 9.63 Å². The lowest BCUT2D eigenvalue weighted by molar-refractivity contribution is -0.195. The molecule has 1 aromatic carbocycles. The van der Waals surface area contributed by atoms with Crippen molar-refractivity contribution in [3.63, 3.8) is 0 Å². The molecule has 0 fully saturated rings. The first-order valence-corrected chi connectivity index (χ1v) is 11.4. The number of carbonyl (C=O) groups excluding carboxylic acids is 3. The summed E-state index contributed by atoms with van der Waals surface area (Å²) >= 11 is 0. The Bertz CT molecular complexity index is 964. The van der Waals surface area contributed by atoms with E-state index in [1.54, 1.807) is 59.1 Å². The summed E-state index contributed by atoms with van der Waals surface area (Å²) in [5.74, 6) is 0.347. The Kier molecular flexibility index (Phi) is 7.43. The fraction of sp³-hybridized carbons (Fsp3) is 0.560. The lowest BCUT2D eigenvalue weighted by atomic mass is 9.73. The van der Waals surface area contributed by atoms with Crippen molar-refractivity contribution in [2.24, 2.45) is 5.41 Å². The van der Waals surface area contributed by atoms with Crippen LogP contribution in [0, 0.1) is 5.41 Å². The van der Waals surface area contributed by atoms with Gasteiger partial charge in [0.1, 0.15) is 11.5 Å². The molecule has 0 N–H and O–H groups in total. The number of hydroxylamine groups is 2. The second-order valence-electron chi connectivity index (χ2n) is 9.80. The predicted molar refractivity (Wildman–Crippen MR) is 122 cm³/mol. The van der Waals surface area contributed by atoms with Crippen LogP contribution in [0.2, 0.25) is 0 Å². The van der Waals surface area contributed by atoms with E-state index in [-0.39, 0.29) is 11.2 Å². The molecule has 1 amide bonds. The number of ketones is 1. The molecule has 0 aromatic heterocycles. The van der Waals surface area contributed by atoms with Gasteiger partial charge in [-0.05, 0) is 50.8 Å². The maximum absolute atomic E-state index is 13.3. The van der Waals surface area contributed by atoms with Crippen molar-refractivity contribution in [1.82, 2.24) is 5.06 Å². The highest BCUT2D eigenvalue weighted by molar-refractivity contribution is 5.99. The van der Waals surface area contributed by atoms with Gasteiger partial charge in [-0.1, -0.05) is 31.0 Å². The zero-order valence-corrected chi connectivity index (χ0v) is 20.7. The fourth-order valence-electron chi connectivity index (χ4n) is 4.15. The third kappa shape index (κ3) is 5.63. The van der Waals surface area contributed by atoms with Gasteiger partial charge in [0, 0.05) is 18.4 Å². The second-order valence-corrected chi connectivity index (χ2v) is 9.80. The Morgan fingerprint density at radius 2 is 1.65 bits per heavy atom. The summed E-state index contributed by atoms with van der Waals surface area (Å²) in [6, 6.07) is 7.10. The predicted octanol–water partition coefficient (Wildman–Crippen LogP) is 5.10. The van der Waals surface area contributed by atoms with E-state index in [0.717, 1.165) is 5.06 Å². The van der Waals surface area contributed by atoms with Crippen LogP contribution in [0.5, 0.6) is 5.75 Å². The second kappa shape index (κ2) is 9.95. The number of methoxy groups -OCH3 is 1. The summed E-state index contributed by atoms with van der Waals surface area (Å²) in [4.78, 5) is 44.0. The Morgan fingerprint density at radius 1 is 1.03 bits per heavy atom. The fourth-order valence-corrected chi connectivity index (χ4v) is 4.15. The zero-order valence-electron chi connectivity index (χ0n) is 20.7. The molecule has 1 aromatic rings. The largest absolute Gasteiger partial charge is 0.533 e. The Labute approximate surface area is 199 Å². The molecule has 1 aliphatic heterocycles. The third-order valence-electron chi connectivity index (χ3n) is 5.47. The monoisotopic (exact) mass is 475 g/mol. The minimum atomic E-state index is -1.15. The number of allylic oxidation sites excluding steroid dienone is 1. The molecule has 186 valence electrons. The smallest absolute Gasteiger partial charge is 0.497 e. The maximum Gasteiger partial charge on any atom is 0.533 e. The molecule has 9 heteroatoms. The van der Waals surface area contributed by atoms with Crippen LogP contribution in [-0.2, 0) is 23.8 Å². The molecule has 0 saturated carbocycles. The van der Waals surface area contributed by atoms with Crippen LogP contribution < -0.4 is 4.74 Å². The Hall–Kier alpha value is -3.23. The summed E-state index contributed by atoms with van der Waals surface area (Å²) in [7, 11) is 1.56. The molecule has 1 aliphatic carbocycles. The average Bonchev–Trinajstić information content (AvgIpc) is 3.09. The molecule has 9 nitrogen and oxygen atoms in total. The van der Waals surface area contributed by atoms with E-state index in [9.17, 15) is 14.4 Å². The number of Topliss-reactive ketones (excluding diaryl/α,β-unsaturated/α-hetero) is 1. The molecular weight excluding hydrogens is 442 g/mol.